The van der Waals surface area contributed by atoms with Crippen molar-refractivity contribution in [1.82, 2.24) is 0 Å². The molecular weight excluding hydrogens is 238 g/mol. The molecule has 0 aromatic heterocycles. The molecule has 100 valence electrons. The zero-order valence-corrected chi connectivity index (χ0v) is 10.2. The molecular formula is C14H18F2O2. The highest BCUT2D eigenvalue weighted by Gasteiger charge is 2.36. The Balaban J connectivity index is 2.08. The standard InChI is InChI=1S/C14H18F2O2/c15-11-5-4-10(12(16)9-11)8-13(17)14(18)6-2-1-3-7-14/h4-5,9,13,17-18H,1-3,6-8H2. The second-order valence-electron chi connectivity index (χ2n) is 5.12. The first-order chi connectivity index (χ1) is 8.51. The third-order valence-corrected chi connectivity index (χ3v) is 3.77. The first-order valence-electron chi connectivity index (χ1n) is 6.36. The van der Waals surface area contributed by atoms with E-state index in [0.717, 1.165) is 31.4 Å². The van der Waals surface area contributed by atoms with Gasteiger partial charge in [-0.25, -0.2) is 8.78 Å². The summed E-state index contributed by atoms with van der Waals surface area (Å²) in [6.07, 6.45) is 2.90. The lowest BCUT2D eigenvalue weighted by Crippen LogP contribution is -2.45. The minimum absolute atomic E-state index is 0.0165. The Morgan fingerprint density at radius 2 is 1.83 bits per heavy atom. The van der Waals surface area contributed by atoms with Crippen LogP contribution in [0.15, 0.2) is 18.2 Å². The van der Waals surface area contributed by atoms with Crippen molar-refractivity contribution in [1.29, 1.82) is 0 Å². The summed E-state index contributed by atoms with van der Waals surface area (Å²) in [5.74, 6) is -1.31. The van der Waals surface area contributed by atoms with Crippen molar-refractivity contribution < 1.29 is 19.0 Å². The summed E-state index contributed by atoms with van der Waals surface area (Å²) in [6, 6.07) is 3.28. The van der Waals surface area contributed by atoms with Crippen molar-refractivity contribution >= 4 is 0 Å². The van der Waals surface area contributed by atoms with Gasteiger partial charge in [-0.3, -0.25) is 0 Å². The van der Waals surface area contributed by atoms with Gasteiger partial charge in [-0.15, -0.1) is 0 Å². The molecule has 1 aromatic rings. The number of halogens is 2. The highest BCUT2D eigenvalue weighted by Crippen LogP contribution is 2.32. The van der Waals surface area contributed by atoms with Crippen LogP contribution in [0.2, 0.25) is 0 Å². The van der Waals surface area contributed by atoms with Gasteiger partial charge in [0.25, 0.3) is 0 Å². The van der Waals surface area contributed by atoms with Gasteiger partial charge in [-0.2, -0.15) is 0 Å². The fourth-order valence-electron chi connectivity index (χ4n) is 2.58. The van der Waals surface area contributed by atoms with Crippen LogP contribution < -0.4 is 0 Å². The highest BCUT2D eigenvalue weighted by molar-refractivity contribution is 5.20. The molecule has 4 heteroatoms. The van der Waals surface area contributed by atoms with Gasteiger partial charge in [-0.1, -0.05) is 25.3 Å². The zero-order valence-electron chi connectivity index (χ0n) is 10.2. The number of aliphatic hydroxyl groups is 2. The summed E-state index contributed by atoms with van der Waals surface area (Å²) in [7, 11) is 0. The Morgan fingerprint density at radius 3 is 2.44 bits per heavy atom. The van der Waals surface area contributed by atoms with Crippen LogP contribution >= 0.6 is 0 Å². The molecule has 18 heavy (non-hydrogen) atoms. The van der Waals surface area contributed by atoms with Gasteiger partial charge in [-0.05, 0) is 24.5 Å². The third kappa shape index (κ3) is 2.87. The van der Waals surface area contributed by atoms with Gasteiger partial charge >= 0.3 is 0 Å². The van der Waals surface area contributed by atoms with E-state index in [0.29, 0.717) is 12.8 Å². The molecule has 1 aromatic carbocycles. The first-order valence-corrected chi connectivity index (χ1v) is 6.36. The molecule has 2 N–H and O–H groups in total. The molecule has 0 heterocycles. The monoisotopic (exact) mass is 256 g/mol. The Bertz CT molecular complexity index is 414. The number of benzene rings is 1. The van der Waals surface area contributed by atoms with Crippen molar-refractivity contribution in [3.05, 3.63) is 35.4 Å². The smallest absolute Gasteiger partial charge is 0.129 e. The minimum Gasteiger partial charge on any atom is -0.390 e. The summed E-state index contributed by atoms with van der Waals surface area (Å²) in [5.41, 5.74) is -0.887. The SMILES string of the molecule is OC(Cc1ccc(F)cc1F)C1(O)CCCCC1. The van der Waals surface area contributed by atoms with Crippen molar-refractivity contribution in [2.75, 3.05) is 0 Å². The molecule has 1 aliphatic carbocycles. The topological polar surface area (TPSA) is 40.5 Å². The normalized spacial score (nSPS) is 20.7. The minimum atomic E-state index is -1.13. The lowest BCUT2D eigenvalue weighted by Gasteiger charge is -2.36. The molecule has 2 nitrogen and oxygen atoms in total. The number of rotatable bonds is 3. The molecule has 1 atom stereocenters. The molecule has 1 aliphatic rings. The van der Waals surface area contributed by atoms with Crippen LogP contribution in [0.5, 0.6) is 0 Å². The quantitative estimate of drug-likeness (QED) is 0.872. The Hall–Kier alpha value is -1.00. The van der Waals surface area contributed by atoms with Gasteiger partial charge < -0.3 is 10.2 Å². The van der Waals surface area contributed by atoms with E-state index in [4.69, 9.17) is 0 Å². The van der Waals surface area contributed by atoms with E-state index < -0.39 is 23.3 Å². The molecule has 0 saturated heterocycles. The second-order valence-corrected chi connectivity index (χ2v) is 5.12. The Labute approximate surface area is 105 Å². The maximum absolute atomic E-state index is 13.5. The average Bonchev–Trinajstić information content (AvgIpc) is 2.33. The predicted octanol–water partition coefficient (Wildman–Crippen LogP) is 2.56. The molecule has 0 spiro atoms. The van der Waals surface area contributed by atoms with E-state index in [1.54, 1.807) is 0 Å². The Morgan fingerprint density at radius 1 is 1.17 bits per heavy atom. The van der Waals surface area contributed by atoms with Crippen LogP contribution in [0, 0.1) is 11.6 Å². The molecule has 0 bridgehead atoms. The van der Waals surface area contributed by atoms with Gasteiger partial charge in [0, 0.05) is 12.5 Å². The zero-order chi connectivity index (χ0) is 13.2. The van der Waals surface area contributed by atoms with E-state index >= 15 is 0 Å². The first kappa shape index (κ1) is 13.4. The van der Waals surface area contributed by atoms with Gasteiger partial charge in [0.2, 0.25) is 0 Å². The number of hydrogen-bond donors (Lipinski definition) is 2. The number of hydrogen-bond acceptors (Lipinski definition) is 2. The van der Waals surface area contributed by atoms with Crippen LogP contribution in [-0.2, 0) is 6.42 Å². The van der Waals surface area contributed by atoms with Crippen molar-refractivity contribution in [2.24, 2.45) is 0 Å². The summed E-state index contributed by atoms with van der Waals surface area (Å²) in [4.78, 5) is 0. The largest absolute Gasteiger partial charge is 0.390 e. The second kappa shape index (κ2) is 5.33. The summed E-state index contributed by atoms with van der Waals surface area (Å²) >= 11 is 0. The molecule has 1 fully saturated rings. The molecule has 1 unspecified atom stereocenters. The van der Waals surface area contributed by atoms with E-state index in [2.05, 4.69) is 0 Å². The van der Waals surface area contributed by atoms with Gasteiger partial charge in [0.15, 0.2) is 0 Å². The van der Waals surface area contributed by atoms with E-state index in [9.17, 15) is 19.0 Å². The molecule has 0 radical (unpaired) electrons. The number of aliphatic hydroxyl groups excluding tert-OH is 1. The third-order valence-electron chi connectivity index (χ3n) is 3.77. The van der Waals surface area contributed by atoms with Crippen molar-refractivity contribution in [2.45, 2.75) is 50.2 Å². The van der Waals surface area contributed by atoms with Crippen LogP contribution in [0.3, 0.4) is 0 Å². The summed E-state index contributed by atoms with van der Waals surface area (Å²) in [6.45, 7) is 0. The van der Waals surface area contributed by atoms with Crippen LogP contribution in [-0.4, -0.2) is 21.9 Å². The lowest BCUT2D eigenvalue weighted by molar-refractivity contribution is -0.0962. The van der Waals surface area contributed by atoms with E-state index in [1.807, 2.05) is 0 Å². The average molecular weight is 256 g/mol. The van der Waals surface area contributed by atoms with Crippen LogP contribution in [0.4, 0.5) is 8.78 Å². The predicted molar refractivity (Wildman–Crippen MR) is 64.1 cm³/mol. The van der Waals surface area contributed by atoms with E-state index in [1.165, 1.54) is 6.07 Å². The lowest BCUT2D eigenvalue weighted by atomic mass is 9.79. The molecule has 1 saturated carbocycles. The fraction of sp³-hybridized carbons (Fsp3) is 0.571. The molecule has 0 amide bonds. The fourth-order valence-corrected chi connectivity index (χ4v) is 2.58. The molecule has 0 aliphatic heterocycles. The van der Waals surface area contributed by atoms with Crippen LogP contribution in [0.25, 0.3) is 0 Å². The van der Waals surface area contributed by atoms with E-state index in [-0.39, 0.29) is 12.0 Å². The Kier molecular flexibility index (Phi) is 3.97. The van der Waals surface area contributed by atoms with Gasteiger partial charge in [0.05, 0.1) is 11.7 Å². The maximum atomic E-state index is 13.5. The summed E-state index contributed by atoms with van der Waals surface area (Å²) < 4.78 is 26.2. The summed E-state index contributed by atoms with van der Waals surface area (Å²) in [5, 5.41) is 20.4. The van der Waals surface area contributed by atoms with Gasteiger partial charge in [0.1, 0.15) is 11.6 Å². The van der Waals surface area contributed by atoms with Crippen molar-refractivity contribution in [3.8, 4) is 0 Å². The maximum Gasteiger partial charge on any atom is 0.129 e. The highest BCUT2D eigenvalue weighted by atomic mass is 19.1. The van der Waals surface area contributed by atoms with Crippen molar-refractivity contribution in [3.63, 3.8) is 0 Å². The molecule has 2 rings (SSSR count). The van der Waals surface area contributed by atoms with Crippen LogP contribution in [0.1, 0.15) is 37.7 Å².